The summed E-state index contributed by atoms with van der Waals surface area (Å²) in [5, 5.41) is 30.9. The van der Waals surface area contributed by atoms with Crippen LogP contribution in [0, 0.1) is 5.41 Å². The van der Waals surface area contributed by atoms with Gasteiger partial charge in [0.2, 0.25) is 0 Å². The standard InChI is InChI=1S/C22H44O5/c1-4-6-8-9-10-11-12-14-16-26-21-19(24)20(25)22(3,15-13-7-5-2)18(17-23)27-21/h18-21,23-25H,4-17H2,1-3H3. The Hall–Kier alpha value is -0.200. The molecule has 1 aliphatic rings. The van der Waals surface area contributed by atoms with Gasteiger partial charge in [0.25, 0.3) is 0 Å². The third-order valence-electron chi connectivity index (χ3n) is 6.08. The topological polar surface area (TPSA) is 79.2 Å². The van der Waals surface area contributed by atoms with Crippen LogP contribution in [0.4, 0.5) is 0 Å². The van der Waals surface area contributed by atoms with Gasteiger partial charge < -0.3 is 24.8 Å². The molecule has 3 N–H and O–H groups in total. The van der Waals surface area contributed by atoms with E-state index < -0.39 is 30.0 Å². The average molecular weight is 389 g/mol. The number of unbranched alkanes of at least 4 members (excludes halogenated alkanes) is 9. The van der Waals surface area contributed by atoms with Crippen molar-refractivity contribution in [1.82, 2.24) is 0 Å². The van der Waals surface area contributed by atoms with Gasteiger partial charge in [0, 0.05) is 12.0 Å². The van der Waals surface area contributed by atoms with Crippen molar-refractivity contribution in [2.24, 2.45) is 5.41 Å². The number of ether oxygens (including phenoxy) is 2. The minimum atomic E-state index is -1.08. The number of aliphatic hydroxyl groups excluding tert-OH is 3. The summed E-state index contributed by atoms with van der Waals surface area (Å²) in [5.74, 6) is 0. The van der Waals surface area contributed by atoms with Crippen LogP contribution in [0.3, 0.4) is 0 Å². The molecule has 5 nitrogen and oxygen atoms in total. The lowest BCUT2D eigenvalue weighted by Crippen LogP contribution is -2.61. The van der Waals surface area contributed by atoms with Crippen LogP contribution >= 0.6 is 0 Å². The molecule has 1 aliphatic heterocycles. The maximum Gasteiger partial charge on any atom is 0.186 e. The number of rotatable bonds is 15. The molecule has 0 spiro atoms. The smallest absolute Gasteiger partial charge is 0.186 e. The van der Waals surface area contributed by atoms with E-state index in [0.29, 0.717) is 6.61 Å². The minimum Gasteiger partial charge on any atom is -0.394 e. The maximum absolute atomic E-state index is 10.7. The Balaban J connectivity index is 2.35. The van der Waals surface area contributed by atoms with E-state index in [-0.39, 0.29) is 6.61 Å². The normalized spacial score (nSPS) is 31.3. The largest absolute Gasteiger partial charge is 0.394 e. The molecule has 5 heteroatoms. The Morgan fingerprint density at radius 1 is 0.852 bits per heavy atom. The monoisotopic (exact) mass is 388 g/mol. The van der Waals surface area contributed by atoms with Gasteiger partial charge in [-0.25, -0.2) is 0 Å². The third-order valence-corrected chi connectivity index (χ3v) is 6.08. The molecule has 0 radical (unpaired) electrons. The Morgan fingerprint density at radius 3 is 2.00 bits per heavy atom. The highest BCUT2D eigenvalue weighted by atomic mass is 16.7. The molecule has 0 aromatic rings. The Labute approximate surface area is 166 Å². The molecule has 1 rings (SSSR count). The van der Waals surface area contributed by atoms with Gasteiger partial charge >= 0.3 is 0 Å². The number of hydrogen-bond donors (Lipinski definition) is 3. The van der Waals surface area contributed by atoms with Crippen LogP contribution in [-0.4, -0.2) is 53.1 Å². The van der Waals surface area contributed by atoms with Crippen LogP contribution in [0.1, 0.15) is 97.8 Å². The highest BCUT2D eigenvalue weighted by Gasteiger charge is 2.52. The Bertz CT molecular complexity index is 361. The maximum atomic E-state index is 10.7. The number of hydrogen-bond acceptors (Lipinski definition) is 5. The molecule has 1 heterocycles. The van der Waals surface area contributed by atoms with E-state index in [2.05, 4.69) is 13.8 Å². The second-order valence-corrected chi connectivity index (χ2v) is 8.42. The van der Waals surface area contributed by atoms with Crippen molar-refractivity contribution in [1.29, 1.82) is 0 Å². The first kappa shape index (κ1) is 24.8. The van der Waals surface area contributed by atoms with Gasteiger partial charge in [-0.05, 0) is 12.8 Å². The summed E-state index contributed by atoms with van der Waals surface area (Å²) in [5.41, 5.74) is -0.651. The fourth-order valence-electron chi connectivity index (χ4n) is 4.02. The van der Waals surface area contributed by atoms with Crippen LogP contribution in [0.2, 0.25) is 0 Å². The van der Waals surface area contributed by atoms with E-state index in [1.165, 1.54) is 38.5 Å². The van der Waals surface area contributed by atoms with Crippen LogP contribution < -0.4 is 0 Å². The summed E-state index contributed by atoms with van der Waals surface area (Å²) in [6, 6.07) is 0. The summed E-state index contributed by atoms with van der Waals surface area (Å²) in [6.07, 6.45) is 10.1. The molecule has 5 unspecified atom stereocenters. The molecular weight excluding hydrogens is 344 g/mol. The highest BCUT2D eigenvalue weighted by Crippen LogP contribution is 2.41. The first-order chi connectivity index (χ1) is 13.0. The second kappa shape index (κ2) is 13.9. The summed E-state index contributed by atoms with van der Waals surface area (Å²) < 4.78 is 11.6. The minimum absolute atomic E-state index is 0.177. The van der Waals surface area contributed by atoms with E-state index in [1.807, 2.05) is 6.92 Å². The van der Waals surface area contributed by atoms with Gasteiger partial charge in [-0.3, -0.25) is 0 Å². The Morgan fingerprint density at radius 2 is 1.41 bits per heavy atom. The van der Waals surface area contributed by atoms with Crippen LogP contribution in [-0.2, 0) is 9.47 Å². The van der Waals surface area contributed by atoms with Crippen molar-refractivity contribution in [3.05, 3.63) is 0 Å². The molecule has 0 saturated carbocycles. The van der Waals surface area contributed by atoms with E-state index in [9.17, 15) is 15.3 Å². The zero-order valence-corrected chi connectivity index (χ0v) is 17.9. The van der Waals surface area contributed by atoms with Gasteiger partial charge in [0.05, 0.1) is 18.8 Å². The van der Waals surface area contributed by atoms with Crippen LogP contribution in [0.5, 0.6) is 0 Å². The molecule has 0 amide bonds. The van der Waals surface area contributed by atoms with E-state index in [4.69, 9.17) is 9.47 Å². The van der Waals surface area contributed by atoms with Crippen LogP contribution in [0.15, 0.2) is 0 Å². The summed E-state index contributed by atoms with van der Waals surface area (Å²) in [6.45, 7) is 6.58. The van der Waals surface area contributed by atoms with E-state index in [0.717, 1.165) is 38.5 Å². The molecule has 0 aromatic carbocycles. The molecule has 1 fully saturated rings. The predicted molar refractivity (Wildman–Crippen MR) is 109 cm³/mol. The molecule has 0 aliphatic carbocycles. The summed E-state index contributed by atoms with van der Waals surface area (Å²) in [4.78, 5) is 0. The zero-order chi connectivity index (χ0) is 20.1. The summed E-state index contributed by atoms with van der Waals surface area (Å²) in [7, 11) is 0. The van der Waals surface area contributed by atoms with Gasteiger partial charge in [-0.15, -0.1) is 0 Å². The lowest BCUT2D eigenvalue weighted by Gasteiger charge is -2.49. The average Bonchev–Trinajstić information content (AvgIpc) is 2.67. The molecular formula is C22H44O5. The molecule has 162 valence electrons. The highest BCUT2D eigenvalue weighted by molar-refractivity contribution is 4.98. The molecule has 0 aromatic heterocycles. The van der Waals surface area contributed by atoms with E-state index >= 15 is 0 Å². The number of aliphatic hydroxyl groups is 3. The summed E-state index contributed by atoms with van der Waals surface area (Å²) >= 11 is 0. The fourth-order valence-corrected chi connectivity index (χ4v) is 4.02. The second-order valence-electron chi connectivity index (χ2n) is 8.42. The van der Waals surface area contributed by atoms with Crippen molar-refractivity contribution in [3.8, 4) is 0 Å². The predicted octanol–water partition coefficient (Wildman–Crippen LogP) is 4.17. The van der Waals surface area contributed by atoms with Gasteiger partial charge in [0.15, 0.2) is 6.29 Å². The van der Waals surface area contributed by atoms with Crippen LogP contribution in [0.25, 0.3) is 0 Å². The lowest BCUT2D eigenvalue weighted by atomic mass is 9.71. The van der Waals surface area contributed by atoms with Crippen molar-refractivity contribution in [3.63, 3.8) is 0 Å². The lowest BCUT2D eigenvalue weighted by molar-refractivity contribution is -0.314. The Kier molecular flexibility index (Phi) is 12.8. The van der Waals surface area contributed by atoms with Gasteiger partial charge in [-0.2, -0.15) is 0 Å². The van der Waals surface area contributed by atoms with Gasteiger partial charge in [-0.1, -0.05) is 85.0 Å². The first-order valence-electron chi connectivity index (χ1n) is 11.2. The fraction of sp³-hybridized carbons (Fsp3) is 1.00. The van der Waals surface area contributed by atoms with Crippen molar-refractivity contribution in [2.45, 2.75) is 122 Å². The first-order valence-corrected chi connectivity index (χ1v) is 11.2. The van der Waals surface area contributed by atoms with Crippen molar-refractivity contribution >= 4 is 0 Å². The molecule has 5 atom stereocenters. The van der Waals surface area contributed by atoms with Gasteiger partial charge in [0.1, 0.15) is 6.10 Å². The SMILES string of the molecule is CCCCCCCCCCOC1OC(CO)C(C)(CCCCC)C(O)C1O. The van der Waals surface area contributed by atoms with E-state index in [1.54, 1.807) is 0 Å². The zero-order valence-electron chi connectivity index (χ0n) is 17.9. The quantitative estimate of drug-likeness (QED) is 0.367. The molecule has 1 saturated heterocycles. The molecule has 0 bridgehead atoms. The molecule has 27 heavy (non-hydrogen) atoms. The van der Waals surface area contributed by atoms with Crippen molar-refractivity contribution in [2.75, 3.05) is 13.2 Å². The third kappa shape index (κ3) is 7.98. The van der Waals surface area contributed by atoms with Crippen molar-refractivity contribution < 1.29 is 24.8 Å².